The van der Waals surface area contributed by atoms with Crippen LogP contribution >= 0.6 is 0 Å². The molecule has 0 aliphatic rings. The Morgan fingerprint density at radius 3 is 1.94 bits per heavy atom. The molecule has 0 atom stereocenters. The van der Waals surface area contributed by atoms with Gasteiger partial charge >= 0.3 is 22.4 Å². The van der Waals surface area contributed by atoms with Crippen LogP contribution in [0, 0.1) is 0 Å². The van der Waals surface area contributed by atoms with Gasteiger partial charge in [0.05, 0.1) is 5.97 Å². The van der Waals surface area contributed by atoms with E-state index in [1.165, 1.54) is 0 Å². The van der Waals surface area contributed by atoms with Crippen LogP contribution in [0.15, 0.2) is 54.6 Å². The predicted octanol–water partition coefficient (Wildman–Crippen LogP) is 2.35. The van der Waals surface area contributed by atoms with Crippen LogP contribution in [-0.2, 0) is 22.4 Å². The molecule has 0 bridgehead atoms. The van der Waals surface area contributed by atoms with Gasteiger partial charge in [0.2, 0.25) is 0 Å². The zero-order valence-corrected chi connectivity index (χ0v) is 10.8. The minimum Gasteiger partial charge on any atom is -0.545 e. The molecule has 0 saturated carbocycles. The number of hydrogen-bond acceptors (Lipinski definition) is 2. The van der Waals surface area contributed by atoms with Crippen molar-refractivity contribution in [1.29, 1.82) is 0 Å². The number of carbonyl (C=O) groups excluding carboxylic acids is 1. The number of carboxylic acid groups (broad SMARTS) is 1. The van der Waals surface area contributed by atoms with E-state index in [0.717, 1.165) is 21.5 Å². The fourth-order valence-electron chi connectivity index (χ4n) is 2.07. The molecule has 0 spiro atoms. The minimum absolute atomic E-state index is 0. The quantitative estimate of drug-likeness (QED) is 0.508. The topological polar surface area (TPSA) is 40.1 Å². The van der Waals surface area contributed by atoms with Gasteiger partial charge < -0.3 is 9.90 Å². The number of carboxylic acids is 1. The number of fused-ring (bicyclic) bond motifs is 2. The van der Waals surface area contributed by atoms with Gasteiger partial charge in [0.25, 0.3) is 0 Å². The summed E-state index contributed by atoms with van der Waals surface area (Å²) in [5.41, 5.74) is 0.216. The van der Waals surface area contributed by atoms with Gasteiger partial charge in [0.15, 0.2) is 0 Å². The van der Waals surface area contributed by atoms with E-state index in [4.69, 9.17) is 0 Å². The average Bonchev–Trinajstić information content (AvgIpc) is 2.35. The van der Waals surface area contributed by atoms with Crippen molar-refractivity contribution in [2.45, 2.75) is 0 Å². The van der Waals surface area contributed by atoms with Crippen molar-refractivity contribution in [2.24, 2.45) is 0 Å². The third-order valence-corrected chi connectivity index (χ3v) is 2.94. The molecule has 0 radical (unpaired) electrons. The Bertz CT molecular complexity index is 735. The number of carbonyl (C=O) groups is 1. The Morgan fingerprint density at radius 1 is 0.778 bits per heavy atom. The summed E-state index contributed by atoms with van der Waals surface area (Å²) >= 11 is 0. The summed E-state index contributed by atoms with van der Waals surface area (Å²) in [5, 5.41) is 15.0. The van der Waals surface area contributed by atoms with Crippen LogP contribution in [0.5, 0.6) is 0 Å². The summed E-state index contributed by atoms with van der Waals surface area (Å²) in [6.07, 6.45) is 0. The van der Waals surface area contributed by atoms with Gasteiger partial charge in [-0.05, 0) is 45.3 Å². The van der Waals surface area contributed by atoms with Gasteiger partial charge in [0, 0.05) is 0 Å². The van der Waals surface area contributed by atoms with E-state index in [0.29, 0.717) is 0 Å². The molecule has 0 unspecified atom stereocenters. The van der Waals surface area contributed by atoms with E-state index in [1.54, 1.807) is 12.1 Å². The second-order valence-corrected chi connectivity index (χ2v) is 4.05. The number of benzene rings is 3. The van der Waals surface area contributed by atoms with Crippen molar-refractivity contribution in [1.82, 2.24) is 0 Å². The third kappa shape index (κ3) is 2.18. The Kier molecular flexibility index (Phi) is 3.53. The minimum atomic E-state index is -1.14. The molecule has 3 aromatic rings. The smallest absolute Gasteiger partial charge is 0.545 e. The van der Waals surface area contributed by atoms with E-state index in [-0.39, 0.29) is 27.9 Å². The molecule has 3 aromatic carbocycles. The van der Waals surface area contributed by atoms with Crippen molar-refractivity contribution < 1.29 is 32.3 Å². The fraction of sp³-hybridized carbons (Fsp3) is 0. The number of aromatic carboxylic acids is 1. The van der Waals surface area contributed by atoms with Crippen molar-refractivity contribution >= 4 is 27.5 Å². The molecule has 0 aliphatic carbocycles. The molecule has 0 amide bonds. The molecule has 0 fully saturated rings. The summed E-state index contributed by atoms with van der Waals surface area (Å²) in [7, 11) is 0. The van der Waals surface area contributed by atoms with E-state index in [9.17, 15) is 9.90 Å². The predicted molar refractivity (Wildman–Crippen MR) is 65.8 cm³/mol. The van der Waals surface area contributed by atoms with Crippen molar-refractivity contribution in [3.63, 3.8) is 0 Å². The largest absolute Gasteiger partial charge is 1.00 e. The van der Waals surface area contributed by atoms with E-state index in [2.05, 4.69) is 6.07 Å². The molecular formula is C15H9AgO2. The zero-order valence-electron chi connectivity index (χ0n) is 9.31. The molecule has 0 aromatic heterocycles. The van der Waals surface area contributed by atoms with Gasteiger partial charge in [-0.1, -0.05) is 36.4 Å². The van der Waals surface area contributed by atoms with Crippen LogP contribution in [0.2, 0.25) is 0 Å². The van der Waals surface area contributed by atoms with E-state index < -0.39 is 5.97 Å². The normalized spacial score (nSPS) is 10.2. The van der Waals surface area contributed by atoms with Gasteiger partial charge in [-0.2, -0.15) is 0 Å². The standard InChI is InChI=1S/C15H10O2.Ag/c16-15(17)13-6-5-12-7-10-3-1-2-4-11(10)8-14(12)9-13;/h1-9H,(H,16,17);/q;+1/p-1. The first-order valence-electron chi connectivity index (χ1n) is 5.38. The summed E-state index contributed by atoms with van der Waals surface area (Å²) < 4.78 is 0. The maximum Gasteiger partial charge on any atom is 1.00 e. The first-order chi connectivity index (χ1) is 8.24. The van der Waals surface area contributed by atoms with Crippen LogP contribution in [0.3, 0.4) is 0 Å². The Morgan fingerprint density at radius 2 is 1.33 bits per heavy atom. The third-order valence-electron chi connectivity index (χ3n) is 2.94. The van der Waals surface area contributed by atoms with Gasteiger partial charge in [0.1, 0.15) is 0 Å². The first kappa shape index (κ1) is 12.8. The molecule has 0 aliphatic heterocycles. The van der Waals surface area contributed by atoms with Crippen LogP contribution in [0.4, 0.5) is 0 Å². The number of rotatable bonds is 1. The molecule has 0 heterocycles. The monoisotopic (exact) mass is 328 g/mol. The van der Waals surface area contributed by atoms with Crippen molar-refractivity contribution in [3.8, 4) is 0 Å². The average molecular weight is 329 g/mol. The molecule has 3 rings (SSSR count). The molecular weight excluding hydrogens is 320 g/mol. The molecule has 0 saturated heterocycles. The summed E-state index contributed by atoms with van der Waals surface area (Å²) in [6, 6.07) is 17.1. The Balaban J connectivity index is 0.00000120. The summed E-state index contributed by atoms with van der Waals surface area (Å²) in [4.78, 5) is 10.8. The van der Waals surface area contributed by atoms with Crippen LogP contribution in [-0.4, -0.2) is 5.97 Å². The zero-order chi connectivity index (χ0) is 11.8. The van der Waals surface area contributed by atoms with Gasteiger partial charge in [-0.15, -0.1) is 0 Å². The van der Waals surface area contributed by atoms with Crippen LogP contribution in [0.25, 0.3) is 21.5 Å². The Labute approximate surface area is 120 Å². The molecule has 2 nitrogen and oxygen atoms in total. The van der Waals surface area contributed by atoms with Crippen molar-refractivity contribution in [3.05, 3.63) is 60.2 Å². The summed E-state index contributed by atoms with van der Waals surface area (Å²) in [6.45, 7) is 0. The summed E-state index contributed by atoms with van der Waals surface area (Å²) in [5.74, 6) is -1.14. The number of hydrogen-bond donors (Lipinski definition) is 0. The van der Waals surface area contributed by atoms with Gasteiger partial charge in [-0.25, -0.2) is 0 Å². The SMILES string of the molecule is O=C([O-])c1ccc2cc3ccccc3cc2c1.[Ag+]. The maximum atomic E-state index is 10.8. The van der Waals surface area contributed by atoms with Crippen molar-refractivity contribution in [2.75, 3.05) is 0 Å². The van der Waals surface area contributed by atoms with Gasteiger partial charge in [-0.3, -0.25) is 0 Å². The molecule has 92 valence electrons. The first-order valence-corrected chi connectivity index (χ1v) is 5.38. The second-order valence-electron chi connectivity index (χ2n) is 4.05. The van der Waals surface area contributed by atoms with Crippen LogP contribution in [0.1, 0.15) is 10.4 Å². The second kappa shape index (κ2) is 4.94. The maximum absolute atomic E-state index is 10.8. The molecule has 3 heteroatoms. The van der Waals surface area contributed by atoms with E-state index in [1.807, 2.05) is 36.4 Å². The van der Waals surface area contributed by atoms with Crippen LogP contribution < -0.4 is 5.11 Å². The Hall–Kier alpha value is -1.61. The molecule has 0 N–H and O–H groups in total. The molecule has 18 heavy (non-hydrogen) atoms. The fourth-order valence-corrected chi connectivity index (χ4v) is 2.07. The van der Waals surface area contributed by atoms with E-state index >= 15 is 0 Å².